The van der Waals surface area contributed by atoms with Crippen LogP contribution in [0.15, 0.2) is 16.7 Å². The lowest BCUT2D eigenvalue weighted by molar-refractivity contribution is 0.111. The number of halogens is 2. The molecule has 122 valence electrons. The second-order valence-corrected chi connectivity index (χ2v) is 8.06. The monoisotopic (exact) mass is 390 g/mol. The number of rotatable bonds is 5. The fourth-order valence-electron chi connectivity index (χ4n) is 2.80. The Kier molecular flexibility index (Phi) is 4.92. The molecule has 1 fully saturated rings. The summed E-state index contributed by atoms with van der Waals surface area (Å²) in [5.74, 6) is 0.616. The lowest BCUT2D eigenvalue weighted by Crippen LogP contribution is -2.51. The normalized spacial score (nSPS) is 17.7. The van der Waals surface area contributed by atoms with Crippen LogP contribution in [0, 0.1) is 10.8 Å². The number of aromatic nitrogens is 1. The molecule has 1 unspecified atom stereocenters. The number of amides is 1. The van der Waals surface area contributed by atoms with Gasteiger partial charge < -0.3 is 15.2 Å². The van der Waals surface area contributed by atoms with Gasteiger partial charge in [0.05, 0.1) is 17.3 Å². The van der Waals surface area contributed by atoms with Crippen molar-refractivity contribution in [1.29, 1.82) is 0 Å². The SMILES string of the molecule is CC(C)(C)C(NC(=O)O)C1(COc2cnc(Cl)c(Br)c2)CC1. The van der Waals surface area contributed by atoms with Crippen LogP contribution in [0.5, 0.6) is 5.75 Å². The van der Waals surface area contributed by atoms with Gasteiger partial charge in [-0.3, -0.25) is 0 Å². The maximum Gasteiger partial charge on any atom is 0.404 e. The third-order valence-corrected chi connectivity index (χ3v) is 5.07. The van der Waals surface area contributed by atoms with Crippen LogP contribution in [-0.4, -0.2) is 28.8 Å². The van der Waals surface area contributed by atoms with Crippen LogP contribution in [0.25, 0.3) is 0 Å². The van der Waals surface area contributed by atoms with Gasteiger partial charge in [0.2, 0.25) is 0 Å². The Balaban J connectivity index is 2.09. The van der Waals surface area contributed by atoms with E-state index in [4.69, 9.17) is 21.4 Å². The van der Waals surface area contributed by atoms with Crippen molar-refractivity contribution in [1.82, 2.24) is 10.3 Å². The van der Waals surface area contributed by atoms with E-state index in [0.717, 1.165) is 12.8 Å². The van der Waals surface area contributed by atoms with Crippen LogP contribution in [0.4, 0.5) is 4.79 Å². The maximum absolute atomic E-state index is 11.1. The average Bonchev–Trinajstić information content (AvgIpc) is 3.17. The Morgan fingerprint density at radius 1 is 1.59 bits per heavy atom. The van der Waals surface area contributed by atoms with Crippen LogP contribution < -0.4 is 10.1 Å². The summed E-state index contributed by atoms with van der Waals surface area (Å²) in [6.45, 7) is 6.56. The summed E-state index contributed by atoms with van der Waals surface area (Å²) in [4.78, 5) is 15.1. The van der Waals surface area contributed by atoms with E-state index in [9.17, 15) is 4.79 Å². The van der Waals surface area contributed by atoms with Crippen molar-refractivity contribution < 1.29 is 14.6 Å². The smallest absolute Gasteiger partial charge is 0.404 e. The van der Waals surface area contributed by atoms with Crippen LogP contribution in [0.3, 0.4) is 0 Å². The zero-order valence-corrected chi connectivity index (χ0v) is 15.2. The molecular weight excluding hydrogens is 372 g/mol. The molecule has 0 spiro atoms. The van der Waals surface area contributed by atoms with E-state index in [1.807, 2.05) is 20.8 Å². The van der Waals surface area contributed by atoms with Gasteiger partial charge in [0.25, 0.3) is 0 Å². The van der Waals surface area contributed by atoms with E-state index in [-0.39, 0.29) is 16.9 Å². The highest BCUT2D eigenvalue weighted by atomic mass is 79.9. The molecule has 7 heteroatoms. The molecule has 0 aliphatic heterocycles. The molecule has 1 aromatic rings. The van der Waals surface area contributed by atoms with Crippen LogP contribution >= 0.6 is 27.5 Å². The predicted octanol–water partition coefficient (Wildman–Crippen LogP) is 4.34. The number of pyridine rings is 1. The number of hydrogen-bond donors (Lipinski definition) is 2. The third-order valence-electron chi connectivity index (χ3n) is 3.94. The Hall–Kier alpha value is -1.01. The second-order valence-electron chi connectivity index (χ2n) is 6.84. The molecule has 2 rings (SSSR count). The predicted molar refractivity (Wildman–Crippen MR) is 88.5 cm³/mol. The van der Waals surface area contributed by atoms with E-state index >= 15 is 0 Å². The fourth-order valence-corrected chi connectivity index (χ4v) is 3.23. The minimum Gasteiger partial charge on any atom is -0.491 e. The van der Waals surface area contributed by atoms with E-state index in [0.29, 0.717) is 22.0 Å². The molecule has 0 bridgehead atoms. The minimum atomic E-state index is -0.998. The van der Waals surface area contributed by atoms with Gasteiger partial charge in [-0.15, -0.1) is 0 Å². The molecule has 2 N–H and O–H groups in total. The quantitative estimate of drug-likeness (QED) is 0.732. The first-order valence-corrected chi connectivity index (χ1v) is 8.24. The number of nitrogens with one attached hydrogen (secondary N) is 1. The van der Waals surface area contributed by atoms with E-state index < -0.39 is 6.09 Å². The molecule has 1 heterocycles. The van der Waals surface area contributed by atoms with Crippen molar-refractivity contribution in [2.75, 3.05) is 6.61 Å². The summed E-state index contributed by atoms with van der Waals surface area (Å²) in [6.07, 6.45) is 2.46. The van der Waals surface area contributed by atoms with Gasteiger partial charge in [0.1, 0.15) is 10.9 Å². The molecule has 22 heavy (non-hydrogen) atoms. The van der Waals surface area contributed by atoms with Gasteiger partial charge in [-0.05, 0) is 40.3 Å². The highest BCUT2D eigenvalue weighted by Gasteiger charge is 2.54. The van der Waals surface area contributed by atoms with Gasteiger partial charge in [0.15, 0.2) is 0 Å². The number of hydrogen-bond acceptors (Lipinski definition) is 3. The van der Waals surface area contributed by atoms with Gasteiger partial charge >= 0.3 is 6.09 Å². The number of ether oxygens (including phenoxy) is 1. The highest BCUT2D eigenvalue weighted by molar-refractivity contribution is 9.10. The summed E-state index contributed by atoms with van der Waals surface area (Å²) in [6, 6.07) is 1.60. The lowest BCUT2D eigenvalue weighted by atomic mass is 9.77. The van der Waals surface area contributed by atoms with Gasteiger partial charge in [-0.1, -0.05) is 32.4 Å². The Bertz CT molecular complexity index is 570. The molecule has 1 saturated carbocycles. The lowest BCUT2D eigenvalue weighted by Gasteiger charge is -2.37. The van der Waals surface area contributed by atoms with Crippen molar-refractivity contribution in [3.05, 3.63) is 21.9 Å². The zero-order valence-electron chi connectivity index (χ0n) is 12.8. The first-order chi connectivity index (χ1) is 10.1. The molecule has 0 saturated heterocycles. The molecule has 5 nitrogen and oxygen atoms in total. The Labute approximate surface area is 143 Å². The molecule has 1 atom stereocenters. The molecule has 1 aliphatic rings. The first-order valence-electron chi connectivity index (χ1n) is 7.07. The van der Waals surface area contributed by atoms with Crippen molar-refractivity contribution in [3.63, 3.8) is 0 Å². The van der Waals surface area contributed by atoms with Gasteiger partial charge in [-0.2, -0.15) is 0 Å². The number of carbonyl (C=O) groups is 1. The summed E-state index contributed by atoms with van der Waals surface area (Å²) in [7, 11) is 0. The third kappa shape index (κ3) is 4.04. The van der Waals surface area contributed by atoms with Crippen molar-refractivity contribution in [3.8, 4) is 5.75 Å². The first kappa shape index (κ1) is 17.3. The van der Waals surface area contributed by atoms with Crippen molar-refractivity contribution >= 4 is 33.6 Å². The molecular formula is C15H20BrClN2O3. The summed E-state index contributed by atoms with van der Waals surface area (Å²) in [5, 5.41) is 12.2. The largest absolute Gasteiger partial charge is 0.491 e. The standard InChI is InChI=1S/C15H20BrClN2O3/c1-14(2,3)12(19-13(20)21)15(4-5-15)8-22-9-6-10(16)11(17)18-7-9/h6-7,12,19H,4-5,8H2,1-3H3,(H,20,21). The number of nitrogens with zero attached hydrogens (tertiary/aromatic N) is 1. The van der Waals surface area contributed by atoms with Crippen molar-refractivity contribution in [2.45, 2.75) is 39.7 Å². The molecule has 0 radical (unpaired) electrons. The van der Waals surface area contributed by atoms with E-state index in [1.165, 1.54) is 0 Å². The summed E-state index contributed by atoms with van der Waals surface area (Å²) < 4.78 is 6.52. The van der Waals surface area contributed by atoms with Gasteiger partial charge in [-0.25, -0.2) is 9.78 Å². The topological polar surface area (TPSA) is 71.5 Å². The summed E-state index contributed by atoms with van der Waals surface area (Å²) >= 11 is 9.17. The van der Waals surface area contributed by atoms with Crippen LogP contribution in [0.1, 0.15) is 33.6 Å². The van der Waals surface area contributed by atoms with Crippen molar-refractivity contribution in [2.24, 2.45) is 10.8 Å². The Morgan fingerprint density at radius 3 is 2.68 bits per heavy atom. The minimum absolute atomic E-state index is 0.164. The van der Waals surface area contributed by atoms with E-state index in [1.54, 1.807) is 12.3 Å². The fraction of sp³-hybridized carbons (Fsp3) is 0.600. The van der Waals surface area contributed by atoms with Crippen LogP contribution in [-0.2, 0) is 0 Å². The molecule has 1 aliphatic carbocycles. The number of carboxylic acid groups (broad SMARTS) is 1. The maximum atomic E-state index is 11.1. The van der Waals surface area contributed by atoms with E-state index in [2.05, 4.69) is 26.2 Å². The highest BCUT2D eigenvalue weighted by Crippen LogP contribution is 2.53. The molecule has 1 amide bonds. The summed E-state index contributed by atoms with van der Waals surface area (Å²) in [5.41, 5.74) is -0.347. The second kappa shape index (κ2) is 6.24. The molecule has 0 aromatic carbocycles. The average molecular weight is 392 g/mol. The Morgan fingerprint density at radius 2 is 2.23 bits per heavy atom. The van der Waals surface area contributed by atoms with Crippen LogP contribution in [0.2, 0.25) is 5.15 Å². The zero-order chi connectivity index (χ0) is 16.5. The van der Waals surface area contributed by atoms with Gasteiger partial charge in [0, 0.05) is 11.5 Å². The molecule has 1 aromatic heterocycles.